The second-order valence-electron chi connectivity index (χ2n) is 3.72. The number of anilines is 1. The molecule has 0 amide bonds. The first-order chi connectivity index (χ1) is 6.66. The Morgan fingerprint density at radius 1 is 1.57 bits per heavy atom. The average Bonchev–Trinajstić information content (AvgIpc) is 2.16. The number of hydrogen-bond acceptors (Lipinski definition) is 3. The Morgan fingerprint density at radius 3 is 3.07 bits per heavy atom. The largest absolute Gasteiger partial charge is 0.370 e. The molecule has 3 heteroatoms. The monoisotopic (exact) mass is 190 g/mol. The average molecular weight is 190 g/mol. The van der Waals surface area contributed by atoms with E-state index < -0.39 is 0 Å². The summed E-state index contributed by atoms with van der Waals surface area (Å²) in [5.41, 5.74) is 8.81. The van der Waals surface area contributed by atoms with E-state index in [0.717, 1.165) is 24.1 Å². The Balaban J connectivity index is 2.36. The van der Waals surface area contributed by atoms with E-state index in [9.17, 15) is 4.79 Å². The van der Waals surface area contributed by atoms with Crippen molar-refractivity contribution in [1.82, 2.24) is 0 Å². The van der Waals surface area contributed by atoms with Gasteiger partial charge in [0.2, 0.25) is 0 Å². The molecule has 3 nitrogen and oxygen atoms in total. The Bertz CT molecular complexity index is 374. The van der Waals surface area contributed by atoms with Gasteiger partial charge in [0.1, 0.15) is 0 Å². The van der Waals surface area contributed by atoms with Crippen LogP contribution in [-0.2, 0) is 6.42 Å². The predicted octanol–water partition coefficient (Wildman–Crippen LogP) is 1.53. The van der Waals surface area contributed by atoms with Crippen LogP contribution in [0.4, 0.5) is 5.69 Å². The lowest BCUT2D eigenvalue weighted by molar-refractivity contribution is 0.101. The number of carbonyl (C=O) groups excluding carboxylic acids is 1. The van der Waals surface area contributed by atoms with Crippen LogP contribution in [0, 0.1) is 0 Å². The summed E-state index contributed by atoms with van der Waals surface area (Å²) in [5, 5.41) is 3.19. The number of rotatable bonds is 1. The Hall–Kier alpha value is -1.35. The molecule has 0 fully saturated rings. The molecule has 0 bridgehead atoms. The van der Waals surface area contributed by atoms with Gasteiger partial charge in [0, 0.05) is 11.3 Å². The maximum atomic E-state index is 11.2. The molecule has 2 rings (SSSR count). The highest BCUT2D eigenvalue weighted by Gasteiger charge is 2.14. The first-order valence-corrected chi connectivity index (χ1v) is 4.83. The van der Waals surface area contributed by atoms with E-state index >= 15 is 0 Å². The third kappa shape index (κ3) is 1.63. The summed E-state index contributed by atoms with van der Waals surface area (Å²) in [5.74, 6) is 0.114. The fourth-order valence-corrected chi connectivity index (χ4v) is 1.74. The molecule has 1 aromatic carbocycles. The molecular weight excluding hydrogens is 176 g/mol. The Labute approximate surface area is 83.3 Å². The molecule has 0 saturated carbocycles. The summed E-state index contributed by atoms with van der Waals surface area (Å²) in [7, 11) is 0. The molecule has 0 spiro atoms. The first kappa shape index (κ1) is 9.21. The standard InChI is InChI=1S/C11H14N2O/c1-7(14)8-2-4-10-9(6-8)3-5-11(12)13-10/h2,4,6,11,13H,3,5,12H2,1H3. The van der Waals surface area contributed by atoms with Gasteiger partial charge in [-0.2, -0.15) is 0 Å². The molecule has 0 aliphatic carbocycles. The van der Waals surface area contributed by atoms with Crippen molar-refractivity contribution >= 4 is 11.5 Å². The van der Waals surface area contributed by atoms with Crippen molar-refractivity contribution in [3.8, 4) is 0 Å². The minimum Gasteiger partial charge on any atom is -0.370 e. The minimum absolute atomic E-state index is 0.0469. The van der Waals surface area contributed by atoms with Crippen LogP contribution in [0.2, 0.25) is 0 Å². The van der Waals surface area contributed by atoms with Crippen LogP contribution < -0.4 is 11.1 Å². The number of nitrogens with two attached hydrogens (primary N) is 1. The third-order valence-electron chi connectivity index (χ3n) is 2.58. The molecular formula is C11H14N2O. The van der Waals surface area contributed by atoms with Crippen LogP contribution >= 0.6 is 0 Å². The zero-order chi connectivity index (χ0) is 10.1. The van der Waals surface area contributed by atoms with Crippen molar-refractivity contribution in [2.75, 3.05) is 5.32 Å². The topological polar surface area (TPSA) is 55.1 Å². The summed E-state index contributed by atoms with van der Waals surface area (Å²) in [6, 6.07) is 5.73. The number of nitrogens with one attached hydrogen (secondary N) is 1. The van der Waals surface area contributed by atoms with E-state index in [1.54, 1.807) is 6.92 Å². The quantitative estimate of drug-likeness (QED) is 0.660. The van der Waals surface area contributed by atoms with Gasteiger partial charge >= 0.3 is 0 Å². The highest BCUT2D eigenvalue weighted by atomic mass is 16.1. The molecule has 0 radical (unpaired) electrons. The lowest BCUT2D eigenvalue weighted by Gasteiger charge is -2.24. The van der Waals surface area contributed by atoms with Gasteiger partial charge in [0.25, 0.3) is 0 Å². The number of carbonyl (C=O) groups is 1. The summed E-state index contributed by atoms with van der Waals surface area (Å²) >= 11 is 0. The van der Waals surface area contributed by atoms with Gasteiger partial charge in [-0.15, -0.1) is 0 Å². The fraction of sp³-hybridized carbons (Fsp3) is 0.364. The van der Waals surface area contributed by atoms with E-state index in [2.05, 4.69) is 5.32 Å². The number of aryl methyl sites for hydroxylation is 1. The molecule has 1 atom stereocenters. The van der Waals surface area contributed by atoms with Crippen molar-refractivity contribution in [2.24, 2.45) is 5.73 Å². The maximum absolute atomic E-state index is 11.2. The van der Waals surface area contributed by atoms with E-state index in [4.69, 9.17) is 5.73 Å². The SMILES string of the molecule is CC(=O)c1ccc2c(c1)CCC(N)N2. The van der Waals surface area contributed by atoms with Gasteiger partial charge in [-0.25, -0.2) is 0 Å². The summed E-state index contributed by atoms with van der Waals surface area (Å²) in [4.78, 5) is 11.2. The van der Waals surface area contributed by atoms with E-state index in [0.29, 0.717) is 0 Å². The zero-order valence-corrected chi connectivity index (χ0v) is 8.21. The molecule has 1 heterocycles. The molecule has 14 heavy (non-hydrogen) atoms. The maximum Gasteiger partial charge on any atom is 0.159 e. The molecule has 0 aromatic heterocycles. The van der Waals surface area contributed by atoms with Crippen LogP contribution in [-0.4, -0.2) is 11.9 Å². The van der Waals surface area contributed by atoms with Gasteiger partial charge in [0.05, 0.1) is 6.17 Å². The summed E-state index contributed by atoms with van der Waals surface area (Å²) in [6.07, 6.45) is 1.92. The van der Waals surface area contributed by atoms with E-state index in [1.807, 2.05) is 18.2 Å². The van der Waals surface area contributed by atoms with Gasteiger partial charge in [0.15, 0.2) is 5.78 Å². The van der Waals surface area contributed by atoms with Crippen molar-refractivity contribution in [2.45, 2.75) is 25.9 Å². The highest BCUT2D eigenvalue weighted by Crippen LogP contribution is 2.24. The fourth-order valence-electron chi connectivity index (χ4n) is 1.74. The lowest BCUT2D eigenvalue weighted by Crippen LogP contribution is -2.33. The number of fused-ring (bicyclic) bond motifs is 1. The third-order valence-corrected chi connectivity index (χ3v) is 2.58. The Morgan fingerprint density at radius 2 is 2.36 bits per heavy atom. The smallest absolute Gasteiger partial charge is 0.159 e. The molecule has 0 saturated heterocycles. The molecule has 1 unspecified atom stereocenters. The lowest BCUT2D eigenvalue weighted by atomic mass is 9.98. The van der Waals surface area contributed by atoms with Crippen molar-refractivity contribution in [3.63, 3.8) is 0 Å². The van der Waals surface area contributed by atoms with Gasteiger partial charge in [-0.3, -0.25) is 4.79 Å². The second kappa shape index (κ2) is 3.42. The predicted molar refractivity (Wildman–Crippen MR) is 56.4 cm³/mol. The van der Waals surface area contributed by atoms with Crippen LogP contribution in [0.15, 0.2) is 18.2 Å². The van der Waals surface area contributed by atoms with Crippen LogP contribution in [0.1, 0.15) is 29.3 Å². The number of benzene rings is 1. The van der Waals surface area contributed by atoms with Crippen molar-refractivity contribution in [3.05, 3.63) is 29.3 Å². The van der Waals surface area contributed by atoms with Gasteiger partial charge < -0.3 is 11.1 Å². The number of hydrogen-bond donors (Lipinski definition) is 2. The Kier molecular flexibility index (Phi) is 2.25. The van der Waals surface area contributed by atoms with Crippen molar-refractivity contribution in [1.29, 1.82) is 0 Å². The number of ketones is 1. The molecule has 3 N–H and O–H groups in total. The zero-order valence-electron chi connectivity index (χ0n) is 8.21. The summed E-state index contributed by atoms with van der Waals surface area (Å²) < 4.78 is 0. The molecule has 1 aliphatic heterocycles. The van der Waals surface area contributed by atoms with Crippen LogP contribution in [0.3, 0.4) is 0 Å². The summed E-state index contributed by atoms with van der Waals surface area (Å²) in [6.45, 7) is 1.59. The van der Waals surface area contributed by atoms with Crippen molar-refractivity contribution < 1.29 is 4.79 Å². The molecule has 1 aromatic rings. The van der Waals surface area contributed by atoms with Gasteiger partial charge in [-0.05, 0) is 43.5 Å². The molecule has 1 aliphatic rings. The van der Waals surface area contributed by atoms with Gasteiger partial charge in [-0.1, -0.05) is 0 Å². The normalized spacial score (nSPS) is 19.7. The van der Waals surface area contributed by atoms with E-state index in [1.165, 1.54) is 5.56 Å². The second-order valence-corrected chi connectivity index (χ2v) is 3.72. The van der Waals surface area contributed by atoms with Crippen LogP contribution in [0.5, 0.6) is 0 Å². The minimum atomic E-state index is 0.0469. The van der Waals surface area contributed by atoms with Crippen LogP contribution in [0.25, 0.3) is 0 Å². The first-order valence-electron chi connectivity index (χ1n) is 4.83. The highest BCUT2D eigenvalue weighted by molar-refractivity contribution is 5.94. The molecule has 74 valence electrons. The number of Topliss-reactive ketones (excluding diaryl/α,β-unsaturated/α-hetero) is 1. The van der Waals surface area contributed by atoms with E-state index in [-0.39, 0.29) is 11.9 Å².